The first-order valence-corrected chi connectivity index (χ1v) is 6.37. The third-order valence-corrected chi connectivity index (χ3v) is 4.05. The molecule has 1 aromatic heterocycles. The number of thiazole rings is 1. The van der Waals surface area contributed by atoms with Crippen LogP contribution in [0.2, 0.25) is 0 Å². The molecule has 1 aromatic carbocycles. The number of benzene rings is 1. The third kappa shape index (κ3) is 1.72. The molecule has 1 heterocycles. The van der Waals surface area contributed by atoms with Gasteiger partial charge in [0.2, 0.25) is 0 Å². The average molecular weight is 224 g/mol. The van der Waals surface area contributed by atoms with E-state index < -0.39 is 0 Å². The van der Waals surface area contributed by atoms with Crippen LogP contribution in [0.5, 0.6) is 0 Å². The van der Waals surface area contributed by atoms with E-state index >= 15 is 0 Å². The molecular weight excluding hydrogens is 212 g/mol. The van der Waals surface area contributed by atoms with Gasteiger partial charge < -0.3 is 4.90 Å². The molecule has 0 saturated carbocycles. The van der Waals surface area contributed by atoms with E-state index in [9.17, 15) is 0 Å². The summed E-state index contributed by atoms with van der Waals surface area (Å²) in [4.78, 5) is 6.60. The number of hydrogen-bond acceptors (Lipinski definition) is 4. The lowest BCUT2D eigenvalue weighted by atomic mass is 10.3. The summed E-state index contributed by atoms with van der Waals surface area (Å²) in [7, 11) is 4.11. The van der Waals surface area contributed by atoms with E-state index in [4.69, 9.17) is 0 Å². The van der Waals surface area contributed by atoms with Crippen molar-refractivity contribution >= 4 is 39.0 Å². The molecule has 0 radical (unpaired) electrons. The first-order valence-electron chi connectivity index (χ1n) is 4.32. The molecule has 4 heteroatoms. The van der Waals surface area contributed by atoms with Crippen molar-refractivity contribution in [3.05, 3.63) is 18.2 Å². The fraction of sp³-hybridized carbons (Fsp3) is 0.300. The lowest BCUT2D eigenvalue weighted by Crippen LogP contribution is -2.07. The molecule has 2 nitrogen and oxygen atoms in total. The van der Waals surface area contributed by atoms with Gasteiger partial charge in [0, 0.05) is 19.8 Å². The molecule has 0 amide bonds. The molecular formula is C10H12N2S2. The number of thioether (sulfide) groups is 1. The Morgan fingerprint density at radius 3 is 2.79 bits per heavy atom. The predicted molar refractivity (Wildman–Crippen MR) is 65.7 cm³/mol. The van der Waals surface area contributed by atoms with Crippen molar-refractivity contribution in [3.63, 3.8) is 0 Å². The summed E-state index contributed by atoms with van der Waals surface area (Å²) in [6.45, 7) is 0. The second-order valence-corrected chi connectivity index (χ2v) is 5.31. The van der Waals surface area contributed by atoms with Gasteiger partial charge in [-0.3, -0.25) is 0 Å². The summed E-state index contributed by atoms with van der Waals surface area (Å²) >= 11 is 3.46. The molecule has 0 fully saturated rings. The summed E-state index contributed by atoms with van der Waals surface area (Å²) in [6.07, 6.45) is 2.06. The van der Waals surface area contributed by atoms with Crippen LogP contribution in [0.4, 0.5) is 5.69 Å². The van der Waals surface area contributed by atoms with E-state index in [1.165, 1.54) is 10.4 Å². The Bertz CT molecular complexity index is 448. The highest BCUT2D eigenvalue weighted by atomic mass is 32.2. The quantitative estimate of drug-likeness (QED) is 0.729. The maximum Gasteiger partial charge on any atom is 0.150 e. The Labute approximate surface area is 92.0 Å². The molecule has 74 valence electrons. The zero-order chi connectivity index (χ0) is 10.1. The molecule has 14 heavy (non-hydrogen) atoms. The van der Waals surface area contributed by atoms with Crippen LogP contribution >= 0.6 is 23.1 Å². The molecule has 2 aromatic rings. The summed E-state index contributed by atoms with van der Waals surface area (Å²) in [5.74, 6) is 0. The van der Waals surface area contributed by atoms with Gasteiger partial charge in [-0.2, -0.15) is 0 Å². The van der Waals surface area contributed by atoms with Crippen molar-refractivity contribution in [3.8, 4) is 0 Å². The van der Waals surface area contributed by atoms with E-state index in [1.807, 2.05) is 0 Å². The summed E-state index contributed by atoms with van der Waals surface area (Å²) in [5.41, 5.74) is 2.33. The number of fused-ring (bicyclic) bond motifs is 1. The Morgan fingerprint density at radius 2 is 2.14 bits per heavy atom. The maximum atomic E-state index is 4.49. The van der Waals surface area contributed by atoms with Crippen LogP contribution in [-0.4, -0.2) is 25.3 Å². The summed E-state index contributed by atoms with van der Waals surface area (Å²) in [6, 6.07) is 6.37. The Kier molecular flexibility index (Phi) is 2.65. The Balaban J connectivity index is 2.54. The smallest absolute Gasteiger partial charge is 0.150 e. The van der Waals surface area contributed by atoms with Crippen LogP contribution in [-0.2, 0) is 0 Å². The Hall–Kier alpha value is -0.740. The molecule has 0 atom stereocenters. The van der Waals surface area contributed by atoms with Crippen molar-refractivity contribution in [2.45, 2.75) is 4.34 Å². The van der Waals surface area contributed by atoms with Gasteiger partial charge >= 0.3 is 0 Å². The van der Waals surface area contributed by atoms with Gasteiger partial charge in [-0.05, 0) is 24.5 Å². The standard InChI is InChI=1S/C10H12N2S2/c1-12(2)7-4-5-8-9(6-7)14-10(11-8)13-3/h4-6H,1-3H3. The molecule has 0 aliphatic rings. The summed E-state index contributed by atoms with van der Waals surface area (Å²) < 4.78 is 2.40. The first-order chi connectivity index (χ1) is 6.70. The third-order valence-electron chi connectivity index (χ3n) is 2.04. The lowest BCUT2D eigenvalue weighted by molar-refractivity contribution is 1.13. The minimum Gasteiger partial charge on any atom is -0.378 e. The number of nitrogens with zero attached hydrogens (tertiary/aromatic N) is 2. The van der Waals surface area contributed by atoms with Crippen molar-refractivity contribution in [1.29, 1.82) is 0 Å². The van der Waals surface area contributed by atoms with Crippen LogP contribution in [0, 0.1) is 0 Å². The van der Waals surface area contributed by atoms with Crippen molar-refractivity contribution < 1.29 is 0 Å². The van der Waals surface area contributed by atoms with Gasteiger partial charge in [-0.25, -0.2) is 4.98 Å². The molecule has 0 spiro atoms. The second-order valence-electron chi connectivity index (χ2n) is 3.23. The molecule has 0 unspecified atom stereocenters. The van der Waals surface area contributed by atoms with Crippen molar-refractivity contribution in [2.24, 2.45) is 0 Å². The average Bonchev–Trinajstić information content (AvgIpc) is 2.58. The highest BCUT2D eigenvalue weighted by molar-refractivity contribution is 8.00. The lowest BCUT2D eigenvalue weighted by Gasteiger charge is -2.11. The summed E-state index contributed by atoms with van der Waals surface area (Å²) in [5, 5.41) is 0. The largest absolute Gasteiger partial charge is 0.378 e. The number of hydrogen-bond donors (Lipinski definition) is 0. The topological polar surface area (TPSA) is 16.1 Å². The van der Waals surface area contributed by atoms with Gasteiger partial charge in [0.1, 0.15) is 0 Å². The van der Waals surface area contributed by atoms with E-state index in [-0.39, 0.29) is 0 Å². The van der Waals surface area contributed by atoms with Crippen LogP contribution < -0.4 is 4.90 Å². The van der Waals surface area contributed by atoms with Gasteiger partial charge in [-0.1, -0.05) is 11.8 Å². The first kappa shape index (κ1) is 9.80. The zero-order valence-electron chi connectivity index (χ0n) is 8.44. The second kappa shape index (κ2) is 3.79. The number of aromatic nitrogens is 1. The molecule has 0 aliphatic heterocycles. The van der Waals surface area contributed by atoms with Gasteiger partial charge in [0.05, 0.1) is 10.2 Å². The number of rotatable bonds is 2. The highest BCUT2D eigenvalue weighted by Gasteiger charge is 2.04. The van der Waals surface area contributed by atoms with Gasteiger partial charge in [0.15, 0.2) is 4.34 Å². The fourth-order valence-corrected chi connectivity index (χ4v) is 2.78. The molecule has 0 N–H and O–H groups in total. The highest BCUT2D eigenvalue weighted by Crippen LogP contribution is 2.30. The van der Waals surface area contributed by atoms with Crippen LogP contribution in [0.3, 0.4) is 0 Å². The monoisotopic (exact) mass is 224 g/mol. The maximum absolute atomic E-state index is 4.49. The Morgan fingerprint density at radius 1 is 1.36 bits per heavy atom. The minimum atomic E-state index is 1.10. The van der Waals surface area contributed by atoms with E-state index in [0.29, 0.717) is 0 Å². The fourth-order valence-electron chi connectivity index (χ4n) is 1.26. The normalized spacial score (nSPS) is 10.8. The molecule has 0 bridgehead atoms. The van der Waals surface area contributed by atoms with E-state index in [1.54, 1.807) is 23.1 Å². The molecule has 0 saturated heterocycles. The van der Waals surface area contributed by atoms with Gasteiger partial charge in [-0.15, -0.1) is 11.3 Å². The molecule has 0 aliphatic carbocycles. The van der Waals surface area contributed by atoms with Crippen LogP contribution in [0.15, 0.2) is 22.5 Å². The minimum absolute atomic E-state index is 1.10. The van der Waals surface area contributed by atoms with Crippen molar-refractivity contribution in [2.75, 3.05) is 25.3 Å². The SMILES string of the molecule is CSc1nc2ccc(N(C)C)cc2s1. The van der Waals surface area contributed by atoms with Gasteiger partial charge in [0.25, 0.3) is 0 Å². The van der Waals surface area contributed by atoms with Crippen LogP contribution in [0.25, 0.3) is 10.2 Å². The van der Waals surface area contributed by atoms with Crippen molar-refractivity contribution in [1.82, 2.24) is 4.98 Å². The zero-order valence-corrected chi connectivity index (χ0v) is 10.1. The van der Waals surface area contributed by atoms with E-state index in [0.717, 1.165) is 9.86 Å². The van der Waals surface area contributed by atoms with E-state index in [2.05, 4.69) is 48.4 Å². The molecule has 2 rings (SSSR count). The number of anilines is 1. The predicted octanol–water partition coefficient (Wildman–Crippen LogP) is 3.08. The van der Waals surface area contributed by atoms with Crippen LogP contribution in [0.1, 0.15) is 0 Å².